The topological polar surface area (TPSA) is 39.9 Å². The molecule has 0 saturated carbocycles. The summed E-state index contributed by atoms with van der Waals surface area (Å²) in [5, 5.41) is 8.30. The fourth-order valence-corrected chi connectivity index (χ4v) is 4.22. The monoisotopic (exact) mass is 287 g/mol. The second-order valence-electron chi connectivity index (χ2n) is 5.22. The van der Waals surface area contributed by atoms with Crippen LogP contribution in [0.4, 0.5) is 0 Å². The lowest BCUT2D eigenvalue weighted by Crippen LogP contribution is -2.40. The molecule has 1 aromatic rings. The second kappa shape index (κ2) is 5.02. The zero-order valence-corrected chi connectivity index (χ0v) is 12.1. The number of alkyl halides is 1. The fourth-order valence-electron chi connectivity index (χ4n) is 2.74. The highest BCUT2D eigenvalue weighted by atomic mass is 35.5. The van der Waals surface area contributed by atoms with Crippen molar-refractivity contribution in [2.24, 2.45) is 0 Å². The van der Waals surface area contributed by atoms with Gasteiger partial charge in [-0.15, -0.1) is 16.7 Å². The lowest BCUT2D eigenvalue weighted by Gasteiger charge is -2.37. The predicted octanol–water partition coefficient (Wildman–Crippen LogP) is 2.81. The van der Waals surface area contributed by atoms with Crippen molar-refractivity contribution < 1.29 is 4.74 Å². The third kappa shape index (κ3) is 2.40. The molecule has 0 N–H and O–H groups in total. The van der Waals surface area contributed by atoms with Gasteiger partial charge in [0.25, 0.3) is 0 Å². The average molecular weight is 288 g/mol. The molecule has 0 bridgehead atoms. The first-order valence-electron chi connectivity index (χ1n) is 6.46. The largest absolute Gasteiger partial charge is 0.374 e. The molecule has 2 aliphatic rings. The first kappa shape index (κ1) is 12.8. The maximum atomic E-state index is 6.03. The van der Waals surface area contributed by atoms with Crippen molar-refractivity contribution in [3.63, 3.8) is 0 Å². The highest BCUT2D eigenvalue weighted by Crippen LogP contribution is 2.41. The van der Waals surface area contributed by atoms with E-state index in [9.17, 15) is 0 Å². The van der Waals surface area contributed by atoms with Crippen molar-refractivity contribution in [3.8, 4) is 0 Å². The number of thioether (sulfide) groups is 1. The summed E-state index contributed by atoms with van der Waals surface area (Å²) >= 11 is 8.03. The van der Waals surface area contributed by atoms with Gasteiger partial charge in [-0.1, -0.05) is 5.21 Å². The number of hydrogen-bond acceptors (Lipinski definition) is 4. The van der Waals surface area contributed by atoms with Crippen LogP contribution in [0, 0.1) is 0 Å². The standard InChI is InChI=1S/C12H18ClN3OS/c1-9(13)11-7-16(15-14-11)10-2-4-17-12(6-10)3-5-18-8-12/h7,9-10H,2-6,8H2,1H3. The molecule has 2 aliphatic heterocycles. The van der Waals surface area contributed by atoms with E-state index < -0.39 is 0 Å². The lowest BCUT2D eigenvalue weighted by atomic mass is 9.90. The SMILES string of the molecule is CC(Cl)c1cn(C2CCOC3(CCSC3)C2)nn1. The molecule has 3 heterocycles. The summed E-state index contributed by atoms with van der Waals surface area (Å²) < 4.78 is 8.01. The molecule has 2 fully saturated rings. The molecule has 0 radical (unpaired) electrons. The summed E-state index contributed by atoms with van der Waals surface area (Å²) in [7, 11) is 0. The Balaban J connectivity index is 1.75. The number of nitrogens with zero attached hydrogens (tertiary/aromatic N) is 3. The van der Waals surface area contributed by atoms with Gasteiger partial charge < -0.3 is 4.74 Å². The Kier molecular flexibility index (Phi) is 3.56. The zero-order valence-electron chi connectivity index (χ0n) is 10.5. The summed E-state index contributed by atoms with van der Waals surface area (Å²) in [5.41, 5.74) is 0.949. The Morgan fingerprint density at radius 2 is 2.56 bits per heavy atom. The van der Waals surface area contributed by atoms with Crippen LogP contribution in [0.15, 0.2) is 6.20 Å². The Hall–Kier alpha value is -0.260. The molecule has 3 unspecified atom stereocenters. The van der Waals surface area contributed by atoms with Crippen LogP contribution in [-0.2, 0) is 4.74 Å². The van der Waals surface area contributed by atoms with Crippen LogP contribution >= 0.6 is 23.4 Å². The maximum Gasteiger partial charge on any atom is 0.100 e. The van der Waals surface area contributed by atoms with E-state index in [1.165, 1.54) is 12.2 Å². The van der Waals surface area contributed by atoms with Crippen LogP contribution in [0.5, 0.6) is 0 Å². The van der Waals surface area contributed by atoms with Gasteiger partial charge in [0.05, 0.1) is 23.2 Å². The van der Waals surface area contributed by atoms with Crippen molar-refractivity contribution in [1.29, 1.82) is 0 Å². The van der Waals surface area contributed by atoms with Crippen LogP contribution in [0.1, 0.15) is 43.3 Å². The third-order valence-corrected chi connectivity index (χ3v) is 5.29. The van der Waals surface area contributed by atoms with Gasteiger partial charge in [0.15, 0.2) is 0 Å². The quantitative estimate of drug-likeness (QED) is 0.784. The van der Waals surface area contributed by atoms with Gasteiger partial charge in [-0.2, -0.15) is 11.8 Å². The van der Waals surface area contributed by atoms with Crippen molar-refractivity contribution >= 4 is 23.4 Å². The molecule has 1 spiro atoms. The first-order chi connectivity index (χ1) is 8.69. The lowest BCUT2D eigenvalue weighted by molar-refractivity contribution is -0.0780. The molecule has 18 heavy (non-hydrogen) atoms. The molecular formula is C12H18ClN3OS. The Morgan fingerprint density at radius 1 is 1.67 bits per heavy atom. The Labute approximate surface area is 116 Å². The molecule has 1 aromatic heterocycles. The minimum absolute atomic E-state index is 0.0745. The number of halogens is 1. The second-order valence-corrected chi connectivity index (χ2v) is 6.98. The highest BCUT2D eigenvalue weighted by Gasteiger charge is 2.41. The van der Waals surface area contributed by atoms with E-state index in [0.29, 0.717) is 6.04 Å². The smallest absolute Gasteiger partial charge is 0.100 e. The van der Waals surface area contributed by atoms with Crippen LogP contribution in [-0.4, -0.2) is 38.7 Å². The molecule has 0 aliphatic carbocycles. The number of rotatable bonds is 2. The van der Waals surface area contributed by atoms with Gasteiger partial charge in [-0.3, -0.25) is 0 Å². The Bertz CT molecular complexity index is 417. The zero-order chi connectivity index (χ0) is 12.6. The predicted molar refractivity (Wildman–Crippen MR) is 73.2 cm³/mol. The molecule has 2 saturated heterocycles. The molecular weight excluding hydrogens is 270 g/mol. The summed E-state index contributed by atoms with van der Waals surface area (Å²) in [6.45, 7) is 2.76. The van der Waals surface area contributed by atoms with Gasteiger partial charge in [-0.05, 0) is 31.9 Å². The van der Waals surface area contributed by atoms with Crippen molar-refractivity contribution in [3.05, 3.63) is 11.9 Å². The Morgan fingerprint density at radius 3 is 3.22 bits per heavy atom. The van der Waals surface area contributed by atoms with Gasteiger partial charge in [-0.25, -0.2) is 4.68 Å². The minimum Gasteiger partial charge on any atom is -0.374 e. The molecule has 100 valence electrons. The van der Waals surface area contributed by atoms with Crippen LogP contribution in [0.2, 0.25) is 0 Å². The highest BCUT2D eigenvalue weighted by molar-refractivity contribution is 7.99. The van der Waals surface area contributed by atoms with Gasteiger partial charge >= 0.3 is 0 Å². The van der Waals surface area contributed by atoms with E-state index in [1.54, 1.807) is 0 Å². The van der Waals surface area contributed by atoms with Crippen LogP contribution in [0.3, 0.4) is 0 Å². The third-order valence-electron chi connectivity index (χ3n) is 3.84. The molecule has 6 heteroatoms. The summed E-state index contributed by atoms with van der Waals surface area (Å²) in [5.74, 6) is 2.34. The van der Waals surface area contributed by atoms with Gasteiger partial charge in [0.2, 0.25) is 0 Å². The first-order valence-corrected chi connectivity index (χ1v) is 8.05. The summed E-state index contributed by atoms with van der Waals surface area (Å²) in [6, 6.07) is 0.411. The van der Waals surface area contributed by atoms with Gasteiger partial charge in [0, 0.05) is 12.4 Å². The molecule has 3 rings (SSSR count). The number of ether oxygens (including phenoxy) is 1. The molecule has 0 aromatic carbocycles. The van der Waals surface area contributed by atoms with E-state index in [2.05, 4.69) is 10.3 Å². The molecule has 4 nitrogen and oxygen atoms in total. The van der Waals surface area contributed by atoms with E-state index in [0.717, 1.165) is 30.9 Å². The summed E-state index contributed by atoms with van der Waals surface area (Å²) in [4.78, 5) is 0. The van der Waals surface area contributed by atoms with E-state index >= 15 is 0 Å². The van der Waals surface area contributed by atoms with E-state index in [-0.39, 0.29) is 11.0 Å². The van der Waals surface area contributed by atoms with Crippen molar-refractivity contribution in [2.75, 3.05) is 18.1 Å². The number of aromatic nitrogens is 3. The van der Waals surface area contributed by atoms with E-state index in [4.69, 9.17) is 16.3 Å². The molecule has 0 amide bonds. The maximum absolute atomic E-state index is 6.03. The van der Waals surface area contributed by atoms with E-state index in [1.807, 2.05) is 29.6 Å². The fraction of sp³-hybridized carbons (Fsp3) is 0.833. The van der Waals surface area contributed by atoms with Gasteiger partial charge in [0.1, 0.15) is 5.69 Å². The minimum atomic E-state index is -0.0745. The van der Waals surface area contributed by atoms with Crippen LogP contribution in [0.25, 0.3) is 0 Å². The average Bonchev–Trinajstić information content (AvgIpc) is 2.98. The number of hydrogen-bond donors (Lipinski definition) is 0. The van der Waals surface area contributed by atoms with Crippen molar-refractivity contribution in [2.45, 2.75) is 43.2 Å². The van der Waals surface area contributed by atoms with Crippen LogP contribution < -0.4 is 0 Å². The van der Waals surface area contributed by atoms with Crippen molar-refractivity contribution in [1.82, 2.24) is 15.0 Å². The normalized spacial score (nSPS) is 34.0. The molecule has 3 atom stereocenters. The summed E-state index contributed by atoms with van der Waals surface area (Å²) in [6.07, 6.45) is 5.23.